The summed E-state index contributed by atoms with van der Waals surface area (Å²) in [5.74, 6) is -0.256. The molecule has 0 aliphatic carbocycles. The van der Waals surface area contributed by atoms with Crippen LogP contribution in [0, 0.1) is 0 Å². The van der Waals surface area contributed by atoms with Crippen LogP contribution in [0.5, 0.6) is 5.75 Å². The van der Waals surface area contributed by atoms with Crippen molar-refractivity contribution in [2.75, 3.05) is 7.11 Å². The highest BCUT2D eigenvalue weighted by molar-refractivity contribution is 6.04. The summed E-state index contributed by atoms with van der Waals surface area (Å²) in [6, 6.07) is 14.8. The number of rotatable bonds is 4. The maximum absolute atomic E-state index is 11.6. The van der Waals surface area contributed by atoms with Crippen LogP contribution in [-0.4, -0.2) is 18.1 Å². The Morgan fingerprint density at radius 1 is 1.12 bits per heavy atom. The number of carboxylic acids is 1. The lowest BCUT2D eigenvalue weighted by atomic mass is 9.99. The first-order valence-electron chi connectivity index (χ1n) is 7.80. The van der Waals surface area contributed by atoms with Crippen molar-refractivity contribution in [3.05, 3.63) is 59.7 Å². The number of carboxylic acid groups (broad SMARTS) is 1. The molecule has 4 heteroatoms. The molecule has 0 saturated heterocycles. The molecule has 1 aromatic heterocycles. The number of benzene rings is 2. The molecule has 0 aliphatic rings. The van der Waals surface area contributed by atoms with Gasteiger partial charge in [-0.1, -0.05) is 50.2 Å². The molecule has 0 bridgehead atoms. The number of hydrogen-bond donors (Lipinski definition) is 0. The summed E-state index contributed by atoms with van der Waals surface area (Å²) in [5.41, 5.74) is 3.29. The van der Waals surface area contributed by atoms with Crippen molar-refractivity contribution in [1.29, 1.82) is 0 Å². The highest BCUT2D eigenvalue weighted by Crippen LogP contribution is 2.30. The van der Waals surface area contributed by atoms with E-state index >= 15 is 0 Å². The summed E-state index contributed by atoms with van der Waals surface area (Å²) < 4.78 is 5.33. The van der Waals surface area contributed by atoms with E-state index in [4.69, 9.17) is 4.74 Å². The number of carbonyl (C=O) groups is 1. The van der Waals surface area contributed by atoms with Crippen LogP contribution >= 0.6 is 0 Å². The van der Waals surface area contributed by atoms with Crippen molar-refractivity contribution < 1.29 is 14.6 Å². The molecule has 0 radical (unpaired) electrons. The van der Waals surface area contributed by atoms with Gasteiger partial charge in [0.25, 0.3) is 0 Å². The number of hydrogen-bond acceptors (Lipinski definition) is 4. The molecule has 0 N–H and O–H groups in total. The molecule has 24 heavy (non-hydrogen) atoms. The molecular formula is C20H18NO3-. The zero-order valence-electron chi connectivity index (χ0n) is 13.9. The number of carbonyl (C=O) groups excluding carboxylic acids is 1. The molecule has 0 unspecified atom stereocenters. The molecule has 1 heterocycles. The van der Waals surface area contributed by atoms with Gasteiger partial charge in [-0.15, -0.1) is 0 Å². The molecular weight excluding hydrogens is 302 g/mol. The number of fused-ring (bicyclic) bond motifs is 1. The number of pyridine rings is 1. The Balaban J connectivity index is 2.23. The Hall–Kier alpha value is -2.88. The lowest BCUT2D eigenvalue weighted by Gasteiger charge is -2.13. The monoisotopic (exact) mass is 320 g/mol. The fourth-order valence-electron chi connectivity index (χ4n) is 2.74. The minimum Gasteiger partial charge on any atom is -0.545 e. The van der Waals surface area contributed by atoms with E-state index in [1.807, 2.05) is 24.3 Å². The third-order valence-electron chi connectivity index (χ3n) is 4.12. The molecule has 3 rings (SSSR count). The SMILES string of the molecule is COc1cccc2c(C(=O)[O-])cc(-c3ccc(C(C)C)cc3)nc12. The molecule has 0 spiro atoms. The first-order chi connectivity index (χ1) is 11.5. The molecule has 122 valence electrons. The van der Waals surface area contributed by atoms with Crippen molar-refractivity contribution in [2.24, 2.45) is 0 Å². The number of para-hydroxylation sites is 1. The number of aromatic nitrogens is 1. The second-order valence-electron chi connectivity index (χ2n) is 5.98. The van der Waals surface area contributed by atoms with Gasteiger partial charge in [0.1, 0.15) is 11.3 Å². The van der Waals surface area contributed by atoms with Crippen LogP contribution in [0.3, 0.4) is 0 Å². The quantitative estimate of drug-likeness (QED) is 0.739. The van der Waals surface area contributed by atoms with E-state index in [1.54, 1.807) is 31.4 Å². The van der Waals surface area contributed by atoms with Crippen LogP contribution < -0.4 is 9.84 Å². The van der Waals surface area contributed by atoms with Crippen molar-refractivity contribution in [2.45, 2.75) is 19.8 Å². The first kappa shape index (κ1) is 16.0. The fourth-order valence-corrected chi connectivity index (χ4v) is 2.74. The van der Waals surface area contributed by atoms with Crippen molar-refractivity contribution in [3.8, 4) is 17.0 Å². The zero-order chi connectivity index (χ0) is 17.3. The van der Waals surface area contributed by atoms with Gasteiger partial charge >= 0.3 is 0 Å². The predicted molar refractivity (Wildman–Crippen MR) is 92.2 cm³/mol. The molecule has 0 fully saturated rings. The van der Waals surface area contributed by atoms with Crippen LogP contribution in [0.2, 0.25) is 0 Å². The number of methoxy groups -OCH3 is 1. The van der Waals surface area contributed by atoms with Gasteiger partial charge in [0.05, 0.1) is 18.8 Å². The summed E-state index contributed by atoms with van der Waals surface area (Å²) in [6.45, 7) is 4.25. The lowest BCUT2D eigenvalue weighted by Crippen LogP contribution is -2.22. The van der Waals surface area contributed by atoms with Crippen LogP contribution in [0.25, 0.3) is 22.2 Å². The Morgan fingerprint density at radius 3 is 2.42 bits per heavy atom. The van der Waals surface area contributed by atoms with Crippen LogP contribution in [0.1, 0.15) is 35.7 Å². The maximum atomic E-state index is 11.6. The average Bonchev–Trinajstić information content (AvgIpc) is 2.60. The average molecular weight is 320 g/mol. The van der Waals surface area contributed by atoms with Crippen molar-refractivity contribution in [1.82, 2.24) is 4.98 Å². The molecule has 0 aliphatic heterocycles. The fraction of sp³-hybridized carbons (Fsp3) is 0.200. The Bertz CT molecular complexity index is 899. The van der Waals surface area contributed by atoms with Gasteiger partial charge in [0, 0.05) is 16.5 Å². The standard InChI is InChI=1S/C20H19NO3/c1-12(2)13-7-9-14(10-8-13)17-11-16(20(22)23)15-5-4-6-18(24-3)19(15)21-17/h4-12H,1-3H3,(H,22,23)/p-1. The lowest BCUT2D eigenvalue weighted by molar-refractivity contribution is -0.254. The van der Waals surface area contributed by atoms with Crippen molar-refractivity contribution in [3.63, 3.8) is 0 Å². The molecule has 2 aromatic carbocycles. The van der Waals surface area contributed by atoms with E-state index in [0.29, 0.717) is 28.3 Å². The zero-order valence-corrected chi connectivity index (χ0v) is 13.9. The normalized spacial score (nSPS) is 11.0. The van der Waals surface area contributed by atoms with E-state index in [2.05, 4.69) is 18.8 Å². The van der Waals surface area contributed by atoms with E-state index in [9.17, 15) is 9.90 Å². The predicted octanol–water partition coefficient (Wildman–Crippen LogP) is 3.40. The summed E-state index contributed by atoms with van der Waals surface area (Å²) in [5, 5.41) is 12.1. The molecule has 4 nitrogen and oxygen atoms in total. The van der Waals surface area contributed by atoms with Gasteiger partial charge in [-0.3, -0.25) is 0 Å². The van der Waals surface area contributed by atoms with E-state index in [0.717, 1.165) is 5.56 Å². The van der Waals surface area contributed by atoms with Gasteiger partial charge in [0.15, 0.2) is 0 Å². The number of aromatic carboxylic acids is 1. The minimum absolute atomic E-state index is 0.113. The van der Waals surface area contributed by atoms with Crippen LogP contribution in [0.15, 0.2) is 48.5 Å². The molecule has 3 aromatic rings. The summed E-state index contributed by atoms with van der Waals surface area (Å²) in [7, 11) is 1.54. The van der Waals surface area contributed by atoms with Gasteiger partial charge < -0.3 is 14.6 Å². The summed E-state index contributed by atoms with van der Waals surface area (Å²) in [4.78, 5) is 16.2. The highest BCUT2D eigenvalue weighted by atomic mass is 16.5. The highest BCUT2D eigenvalue weighted by Gasteiger charge is 2.12. The van der Waals surface area contributed by atoms with E-state index in [1.165, 1.54) is 5.56 Å². The van der Waals surface area contributed by atoms with Crippen LogP contribution in [0.4, 0.5) is 0 Å². The third-order valence-corrected chi connectivity index (χ3v) is 4.12. The van der Waals surface area contributed by atoms with Gasteiger partial charge in [-0.25, -0.2) is 4.98 Å². The topological polar surface area (TPSA) is 62.2 Å². The Kier molecular flexibility index (Phi) is 4.21. The second-order valence-corrected chi connectivity index (χ2v) is 5.98. The summed E-state index contributed by atoms with van der Waals surface area (Å²) >= 11 is 0. The molecule has 0 atom stereocenters. The second kappa shape index (κ2) is 6.32. The number of ether oxygens (including phenoxy) is 1. The van der Waals surface area contributed by atoms with Gasteiger partial charge in [0.2, 0.25) is 0 Å². The molecule has 0 amide bonds. The van der Waals surface area contributed by atoms with E-state index in [-0.39, 0.29) is 5.56 Å². The van der Waals surface area contributed by atoms with Crippen molar-refractivity contribution >= 4 is 16.9 Å². The first-order valence-corrected chi connectivity index (χ1v) is 7.80. The Labute approximate surface area is 140 Å². The van der Waals surface area contributed by atoms with Gasteiger partial charge in [-0.2, -0.15) is 0 Å². The largest absolute Gasteiger partial charge is 0.545 e. The van der Waals surface area contributed by atoms with Gasteiger partial charge in [-0.05, 0) is 23.6 Å². The van der Waals surface area contributed by atoms with Crippen LogP contribution in [-0.2, 0) is 0 Å². The summed E-state index contributed by atoms with van der Waals surface area (Å²) in [6.07, 6.45) is 0. The Morgan fingerprint density at radius 2 is 1.83 bits per heavy atom. The molecule has 0 saturated carbocycles. The third kappa shape index (κ3) is 2.83. The smallest absolute Gasteiger partial charge is 0.145 e. The number of nitrogens with zero attached hydrogens (tertiary/aromatic N) is 1. The minimum atomic E-state index is -1.23. The van der Waals surface area contributed by atoms with E-state index < -0.39 is 5.97 Å². The maximum Gasteiger partial charge on any atom is 0.145 e.